The molecule has 1 saturated carbocycles. The molecule has 1 aromatic carbocycles. The smallest absolute Gasteiger partial charge is 0.272 e. The standard InChI is InChI=1S/C17H14FN3O/c18-12-6-4-11(5-7-12)16-15(17(22)19-13-8-9-13)20-14-3-1-2-10-21(14)16/h1-7,10,13H,8-9H2,(H,19,22). The summed E-state index contributed by atoms with van der Waals surface area (Å²) in [6.45, 7) is 0. The maximum Gasteiger partial charge on any atom is 0.272 e. The second-order valence-corrected chi connectivity index (χ2v) is 5.49. The molecular formula is C17H14FN3O. The van der Waals surface area contributed by atoms with Crippen LogP contribution in [0.3, 0.4) is 0 Å². The van der Waals surface area contributed by atoms with Crippen LogP contribution in [0.1, 0.15) is 23.3 Å². The number of aromatic nitrogens is 2. The fourth-order valence-electron chi connectivity index (χ4n) is 2.52. The molecule has 4 rings (SSSR count). The van der Waals surface area contributed by atoms with Gasteiger partial charge < -0.3 is 5.32 Å². The van der Waals surface area contributed by atoms with Gasteiger partial charge in [0.1, 0.15) is 11.5 Å². The fraction of sp³-hybridized carbons (Fsp3) is 0.176. The van der Waals surface area contributed by atoms with Crippen molar-refractivity contribution >= 4 is 11.6 Å². The normalized spacial score (nSPS) is 14.2. The summed E-state index contributed by atoms with van der Waals surface area (Å²) in [5.74, 6) is -0.480. The van der Waals surface area contributed by atoms with Gasteiger partial charge in [0.2, 0.25) is 0 Å². The lowest BCUT2D eigenvalue weighted by Crippen LogP contribution is -2.26. The Morgan fingerprint density at radius 1 is 1.18 bits per heavy atom. The number of carbonyl (C=O) groups is 1. The van der Waals surface area contributed by atoms with Gasteiger partial charge >= 0.3 is 0 Å². The van der Waals surface area contributed by atoms with Gasteiger partial charge in [-0.2, -0.15) is 0 Å². The highest BCUT2D eigenvalue weighted by Gasteiger charge is 2.27. The molecule has 0 saturated heterocycles. The zero-order valence-electron chi connectivity index (χ0n) is 11.8. The predicted octanol–water partition coefficient (Wildman–Crippen LogP) is 3.03. The minimum absolute atomic E-state index is 0.175. The Balaban J connectivity index is 1.89. The minimum Gasteiger partial charge on any atom is -0.348 e. The van der Waals surface area contributed by atoms with Crippen LogP contribution in [0.5, 0.6) is 0 Å². The third-order valence-electron chi connectivity index (χ3n) is 3.78. The number of rotatable bonds is 3. The highest BCUT2D eigenvalue weighted by molar-refractivity contribution is 5.99. The first-order valence-corrected chi connectivity index (χ1v) is 7.26. The topological polar surface area (TPSA) is 46.4 Å². The average molecular weight is 295 g/mol. The number of nitrogens with one attached hydrogen (secondary N) is 1. The van der Waals surface area contributed by atoms with E-state index in [1.165, 1.54) is 12.1 Å². The van der Waals surface area contributed by atoms with Crippen LogP contribution in [0.2, 0.25) is 0 Å². The Labute approximate surface area is 126 Å². The van der Waals surface area contributed by atoms with Gasteiger partial charge in [0, 0.05) is 17.8 Å². The molecule has 110 valence electrons. The van der Waals surface area contributed by atoms with Crippen LogP contribution in [0, 0.1) is 5.82 Å². The van der Waals surface area contributed by atoms with Crippen molar-refractivity contribution in [2.75, 3.05) is 0 Å². The fourth-order valence-corrected chi connectivity index (χ4v) is 2.52. The van der Waals surface area contributed by atoms with Crippen molar-refractivity contribution in [1.82, 2.24) is 14.7 Å². The zero-order chi connectivity index (χ0) is 15.1. The number of nitrogens with zero attached hydrogens (tertiary/aromatic N) is 2. The van der Waals surface area contributed by atoms with E-state index in [1.54, 1.807) is 12.1 Å². The summed E-state index contributed by atoms with van der Waals surface area (Å²) in [5, 5.41) is 2.96. The Morgan fingerprint density at radius 2 is 1.95 bits per heavy atom. The van der Waals surface area contributed by atoms with Gasteiger partial charge in [0.05, 0.1) is 5.69 Å². The first-order valence-electron chi connectivity index (χ1n) is 7.26. The highest BCUT2D eigenvalue weighted by Crippen LogP contribution is 2.27. The van der Waals surface area contributed by atoms with Gasteiger partial charge in [-0.1, -0.05) is 6.07 Å². The van der Waals surface area contributed by atoms with Crippen LogP contribution >= 0.6 is 0 Å². The summed E-state index contributed by atoms with van der Waals surface area (Å²) in [7, 11) is 0. The van der Waals surface area contributed by atoms with Crippen molar-refractivity contribution < 1.29 is 9.18 Å². The van der Waals surface area contributed by atoms with E-state index >= 15 is 0 Å². The van der Waals surface area contributed by atoms with E-state index in [4.69, 9.17) is 0 Å². The molecule has 1 N–H and O–H groups in total. The van der Waals surface area contributed by atoms with E-state index in [2.05, 4.69) is 10.3 Å². The van der Waals surface area contributed by atoms with Crippen LogP contribution < -0.4 is 5.32 Å². The van der Waals surface area contributed by atoms with E-state index in [-0.39, 0.29) is 17.8 Å². The summed E-state index contributed by atoms with van der Waals surface area (Å²) in [6, 6.07) is 12.0. The second kappa shape index (κ2) is 4.94. The second-order valence-electron chi connectivity index (χ2n) is 5.49. The monoisotopic (exact) mass is 295 g/mol. The van der Waals surface area contributed by atoms with E-state index < -0.39 is 0 Å². The highest BCUT2D eigenvalue weighted by atomic mass is 19.1. The van der Waals surface area contributed by atoms with Gasteiger partial charge in [-0.15, -0.1) is 0 Å². The average Bonchev–Trinajstić information content (AvgIpc) is 3.25. The lowest BCUT2D eigenvalue weighted by Gasteiger charge is -2.06. The van der Waals surface area contributed by atoms with Gasteiger partial charge in [-0.05, 0) is 49.2 Å². The van der Waals surface area contributed by atoms with Gasteiger partial charge in [0.25, 0.3) is 5.91 Å². The Bertz CT molecular complexity index is 850. The van der Waals surface area contributed by atoms with E-state index in [0.717, 1.165) is 18.4 Å². The lowest BCUT2D eigenvalue weighted by atomic mass is 10.1. The predicted molar refractivity (Wildman–Crippen MR) is 81.1 cm³/mol. The molecule has 1 aliphatic carbocycles. The summed E-state index contributed by atoms with van der Waals surface area (Å²) in [6.07, 6.45) is 3.89. The number of carbonyl (C=O) groups excluding carboxylic acids is 1. The number of benzene rings is 1. The molecular weight excluding hydrogens is 281 g/mol. The first kappa shape index (κ1) is 13.0. The van der Waals surface area contributed by atoms with Crippen molar-refractivity contribution in [3.63, 3.8) is 0 Å². The molecule has 0 bridgehead atoms. The lowest BCUT2D eigenvalue weighted by molar-refractivity contribution is 0.0947. The third kappa shape index (κ3) is 2.24. The molecule has 0 unspecified atom stereocenters. The van der Waals surface area contributed by atoms with Crippen molar-refractivity contribution in [2.24, 2.45) is 0 Å². The van der Waals surface area contributed by atoms with E-state index in [9.17, 15) is 9.18 Å². The number of pyridine rings is 1. The van der Waals surface area contributed by atoms with E-state index in [1.807, 2.05) is 28.8 Å². The minimum atomic E-state index is -0.304. The number of hydrogen-bond acceptors (Lipinski definition) is 2. The number of imidazole rings is 1. The van der Waals surface area contributed by atoms with Crippen LogP contribution in [0.4, 0.5) is 4.39 Å². The summed E-state index contributed by atoms with van der Waals surface area (Å²) >= 11 is 0. The van der Waals surface area contributed by atoms with Gasteiger partial charge in [-0.3, -0.25) is 9.20 Å². The van der Waals surface area contributed by atoms with Crippen LogP contribution in [0.15, 0.2) is 48.7 Å². The molecule has 1 fully saturated rings. The molecule has 2 aromatic heterocycles. The van der Waals surface area contributed by atoms with Crippen molar-refractivity contribution in [2.45, 2.75) is 18.9 Å². The number of halogens is 1. The SMILES string of the molecule is O=C(NC1CC1)c1nc2ccccn2c1-c1ccc(F)cc1. The molecule has 1 aliphatic rings. The number of hydrogen-bond donors (Lipinski definition) is 1. The molecule has 0 spiro atoms. The Hall–Kier alpha value is -2.69. The van der Waals surface area contributed by atoms with Crippen LogP contribution in [0.25, 0.3) is 16.9 Å². The molecule has 3 aromatic rings. The first-order chi connectivity index (χ1) is 10.7. The van der Waals surface area contributed by atoms with Gasteiger partial charge in [-0.25, -0.2) is 9.37 Å². The van der Waals surface area contributed by atoms with Crippen molar-refractivity contribution in [1.29, 1.82) is 0 Å². The number of fused-ring (bicyclic) bond motifs is 1. The molecule has 0 atom stereocenters. The van der Waals surface area contributed by atoms with E-state index in [0.29, 0.717) is 17.0 Å². The molecule has 2 heterocycles. The Kier molecular flexibility index (Phi) is 2.92. The molecule has 0 radical (unpaired) electrons. The number of amides is 1. The maximum absolute atomic E-state index is 13.2. The summed E-state index contributed by atoms with van der Waals surface area (Å²) in [4.78, 5) is 16.9. The summed E-state index contributed by atoms with van der Waals surface area (Å²) in [5.41, 5.74) is 2.53. The third-order valence-corrected chi connectivity index (χ3v) is 3.78. The molecule has 1 amide bonds. The van der Waals surface area contributed by atoms with Crippen LogP contribution in [-0.2, 0) is 0 Å². The molecule has 22 heavy (non-hydrogen) atoms. The summed E-state index contributed by atoms with van der Waals surface area (Å²) < 4.78 is 15.0. The van der Waals surface area contributed by atoms with Crippen molar-refractivity contribution in [3.8, 4) is 11.3 Å². The molecule has 5 heteroatoms. The largest absolute Gasteiger partial charge is 0.348 e. The molecule has 4 nitrogen and oxygen atoms in total. The van der Waals surface area contributed by atoms with Crippen molar-refractivity contribution in [3.05, 3.63) is 60.2 Å². The Morgan fingerprint density at radius 3 is 2.68 bits per heavy atom. The van der Waals surface area contributed by atoms with Crippen LogP contribution in [-0.4, -0.2) is 21.3 Å². The quantitative estimate of drug-likeness (QED) is 0.807. The maximum atomic E-state index is 13.2. The molecule has 0 aliphatic heterocycles. The van der Waals surface area contributed by atoms with Gasteiger partial charge in [0.15, 0.2) is 5.69 Å². The zero-order valence-corrected chi connectivity index (χ0v) is 11.8.